The van der Waals surface area contributed by atoms with E-state index in [2.05, 4.69) is 4.31 Å². The van der Waals surface area contributed by atoms with Crippen molar-refractivity contribution in [2.75, 3.05) is 26.3 Å². The van der Waals surface area contributed by atoms with Crippen LogP contribution < -0.4 is 0 Å². The van der Waals surface area contributed by atoms with Gasteiger partial charge >= 0.3 is 15.2 Å². The Morgan fingerprint density at radius 3 is 2.07 bits per heavy atom. The summed E-state index contributed by atoms with van der Waals surface area (Å²) in [4.78, 5) is 19.8. The summed E-state index contributed by atoms with van der Waals surface area (Å²) in [5.41, 5.74) is -1.25. The first-order valence-electron chi connectivity index (χ1n) is 4.11. The van der Waals surface area contributed by atoms with Crippen LogP contribution >= 0.6 is 15.2 Å². The first kappa shape index (κ1) is 10.8. The Labute approximate surface area is 80.7 Å². The molecule has 2 fully saturated rings. The molecule has 0 aliphatic carbocycles. The minimum absolute atomic E-state index is 0.378. The van der Waals surface area contributed by atoms with Crippen molar-refractivity contribution >= 4 is 15.2 Å². The molecule has 0 aromatic rings. The Balaban J connectivity index is 2.15. The van der Waals surface area contributed by atoms with Crippen molar-refractivity contribution in [2.24, 2.45) is 0 Å². The molecule has 2 rings (SSSR count). The molecule has 9 heteroatoms. The molecule has 2 aliphatic rings. The third-order valence-corrected chi connectivity index (χ3v) is 7.63. The van der Waals surface area contributed by atoms with Crippen molar-refractivity contribution < 1.29 is 28.0 Å². The minimum atomic E-state index is -3.91. The van der Waals surface area contributed by atoms with Crippen molar-refractivity contribution in [3.8, 4) is 0 Å². The molecule has 7 nitrogen and oxygen atoms in total. The fourth-order valence-electron chi connectivity index (χ4n) is 1.62. The summed E-state index contributed by atoms with van der Waals surface area (Å²) in [7, 11) is -7.82. The molecule has 2 atom stereocenters. The van der Waals surface area contributed by atoms with Crippen molar-refractivity contribution in [3.63, 3.8) is 0 Å². The predicted octanol–water partition coefficient (Wildman–Crippen LogP) is 0.00320. The number of nitrogens with zero attached hydrogens (tertiary/aromatic N) is 1. The second-order valence-electron chi connectivity index (χ2n) is 3.20. The summed E-state index contributed by atoms with van der Waals surface area (Å²) in [6, 6.07) is 0. The van der Waals surface area contributed by atoms with E-state index in [0.29, 0.717) is 26.3 Å². The van der Waals surface area contributed by atoms with E-state index < -0.39 is 20.7 Å². The molecule has 14 heavy (non-hydrogen) atoms. The van der Waals surface area contributed by atoms with Gasteiger partial charge in [-0.15, -0.1) is 0 Å². The smallest absolute Gasteiger partial charge is 0.364 e. The van der Waals surface area contributed by atoms with E-state index in [0.717, 1.165) is 0 Å². The molecule has 2 heterocycles. The van der Waals surface area contributed by atoms with Crippen LogP contribution in [0.3, 0.4) is 0 Å². The van der Waals surface area contributed by atoms with Gasteiger partial charge in [0.25, 0.3) is 0 Å². The van der Waals surface area contributed by atoms with E-state index in [1.54, 1.807) is 0 Å². The lowest BCUT2D eigenvalue weighted by Gasteiger charge is -2.43. The predicted molar refractivity (Wildman–Crippen MR) is 46.9 cm³/mol. The van der Waals surface area contributed by atoms with Crippen molar-refractivity contribution in [3.05, 3.63) is 0 Å². The lowest BCUT2D eigenvalue weighted by molar-refractivity contribution is 0.0304. The molecule has 0 saturated carbocycles. The standard InChI is InChI=1S/C5H11NO6P2/c7-13(8)5(14(9,10)12-13)6-1-3-11-4-2-6/h5H,1-4H2,(H,7,8)(H,9,10). The molecule has 2 N–H and O–H groups in total. The largest absolute Gasteiger partial charge is 0.379 e. The van der Waals surface area contributed by atoms with Gasteiger partial charge in [-0.2, -0.15) is 0 Å². The Morgan fingerprint density at radius 2 is 1.64 bits per heavy atom. The summed E-state index contributed by atoms with van der Waals surface area (Å²) in [6.07, 6.45) is 0. The fraction of sp³-hybridized carbons (Fsp3) is 1.00. The van der Waals surface area contributed by atoms with E-state index in [-0.39, 0.29) is 0 Å². The Hall–Kier alpha value is 0.260. The number of ether oxygens (including phenoxy) is 1. The second-order valence-corrected chi connectivity index (χ2v) is 7.50. The first-order valence-corrected chi connectivity index (χ1v) is 7.41. The highest BCUT2D eigenvalue weighted by Gasteiger charge is 2.64. The van der Waals surface area contributed by atoms with Crippen LogP contribution in [0.25, 0.3) is 0 Å². The topological polar surface area (TPSA) is 96.3 Å². The van der Waals surface area contributed by atoms with Crippen LogP contribution in [0.1, 0.15) is 0 Å². The van der Waals surface area contributed by atoms with Crippen molar-refractivity contribution in [2.45, 2.75) is 5.52 Å². The third kappa shape index (κ3) is 1.70. The summed E-state index contributed by atoms with van der Waals surface area (Å²) in [5, 5.41) is 0. The number of morpholine rings is 1. The molecular formula is C5H11NO6P2. The van der Waals surface area contributed by atoms with Crippen LogP contribution in [0.4, 0.5) is 0 Å². The quantitative estimate of drug-likeness (QED) is 0.626. The van der Waals surface area contributed by atoms with Gasteiger partial charge in [0.05, 0.1) is 13.2 Å². The van der Waals surface area contributed by atoms with Crippen LogP contribution in [-0.2, 0) is 18.2 Å². The maximum absolute atomic E-state index is 11.2. The van der Waals surface area contributed by atoms with E-state index >= 15 is 0 Å². The van der Waals surface area contributed by atoms with E-state index in [1.807, 2.05) is 0 Å². The Kier molecular flexibility index (Phi) is 2.60. The molecule has 2 unspecified atom stereocenters. The minimum Gasteiger partial charge on any atom is -0.379 e. The van der Waals surface area contributed by atoms with Crippen LogP contribution in [0.5, 0.6) is 0 Å². The van der Waals surface area contributed by atoms with Crippen molar-refractivity contribution in [1.82, 2.24) is 4.90 Å². The zero-order valence-corrected chi connectivity index (χ0v) is 9.06. The SMILES string of the molecule is O=P1(O)OP(=O)(O)C1N1CCOCC1. The van der Waals surface area contributed by atoms with Gasteiger partial charge in [0, 0.05) is 13.1 Å². The van der Waals surface area contributed by atoms with Crippen LogP contribution in [0.2, 0.25) is 0 Å². The van der Waals surface area contributed by atoms with Crippen molar-refractivity contribution in [1.29, 1.82) is 0 Å². The highest BCUT2D eigenvalue weighted by Crippen LogP contribution is 2.82. The van der Waals surface area contributed by atoms with Gasteiger partial charge in [-0.3, -0.25) is 14.0 Å². The lowest BCUT2D eigenvalue weighted by Crippen LogP contribution is -2.46. The van der Waals surface area contributed by atoms with Crippen LogP contribution in [-0.4, -0.2) is 46.5 Å². The first-order chi connectivity index (χ1) is 6.43. The fourth-order valence-corrected chi connectivity index (χ4v) is 6.06. The van der Waals surface area contributed by atoms with Gasteiger partial charge in [0.15, 0.2) is 0 Å². The Bertz CT molecular complexity index is 304. The van der Waals surface area contributed by atoms with Gasteiger partial charge < -0.3 is 14.5 Å². The van der Waals surface area contributed by atoms with E-state index in [4.69, 9.17) is 4.74 Å². The maximum Gasteiger partial charge on any atom is 0.364 e. The Morgan fingerprint density at radius 1 is 1.14 bits per heavy atom. The third-order valence-electron chi connectivity index (χ3n) is 2.19. The molecule has 0 aromatic carbocycles. The molecule has 2 aliphatic heterocycles. The highest BCUT2D eigenvalue weighted by molar-refractivity contribution is 7.84. The summed E-state index contributed by atoms with van der Waals surface area (Å²) in [5.74, 6) is 0. The summed E-state index contributed by atoms with van der Waals surface area (Å²) in [6.45, 7) is 1.55. The van der Waals surface area contributed by atoms with Crippen LogP contribution in [0, 0.1) is 0 Å². The molecule has 0 aromatic heterocycles. The number of hydrogen-bond donors (Lipinski definition) is 2. The zero-order chi connectivity index (χ0) is 10.4. The molecule has 0 amide bonds. The zero-order valence-electron chi connectivity index (χ0n) is 7.27. The highest BCUT2D eigenvalue weighted by atomic mass is 31.3. The van der Waals surface area contributed by atoms with Gasteiger partial charge in [-0.1, -0.05) is 0 Å². The number of hydrogen-bond acceptors (Lipinski definition) is 5. The maximum atomic E-state index is 11.2. The van der Waals surface area contributed by atoms with E-state index in [1.165, 1.54) is 4.90 Å². The molecule has 2 saturated heterocycles. The van der Waals surface area contributed by atoms with Crippen LogP contribution in [0.15, 0.2) is 0 Å². The van der Waals surface area contributed by atoms with E-state index in [9.17, 15) is 18.9 Å². The average Bonchev–Trinajstić information content (AvgIpc) is 2.01. The molecule has 0 radical (unpaired) electrons. The summed E-state index contributed by atoms with van der Waals surface area (Å²) >= 11 is 0. The molecule has 0 spiro atoms. The monoisotopic (exact) mass is 243 g/mol. The molecular weight excluding hydrogens is 232 g/mol. The normalized spacial score (nSPS) is 50.0. The van der Waals surface area contributed by atoms with Gasteiger partial charge in [0.1, 0.15) is 0 Å². The van der Waals surface area contributed by atoms with Gasteiger partial charge in [-0.25, -0.2) is 4.31 Å². The second kappa shape index (κ2) is 3.39. The van der Waals surface area contributed by atoms with Gasteiger partial charge in [-0.05, 0) is 0 Å². The lowest BCUT2D eigenvalue weighted by atomic mass is 10.5. The average molecular weight is 243 g/mol. The number of rotatable bonds is 1. The summed E-state index contributed by atoms with van der Waals surface area (Å²) < 4.78 is 31.6. The molecule has 82 valence electrons. The molecule has 0 bridgehead atoms. The van der Waals surface area contributed by atoms with Gasteiger partial charge in [0.2, 0.25) is 5.52 Å².